The van der Waals surface area contributed by atoms with Crippen LogP contribution in [0, 0.1) is 17.1 Å². The third-order valence-electron chi connectivity index (χ3n) is 2.53. The van der Waals surface area contributed by atoms with Crippen LogP contribution in [0.2, 0.25) is 5.02 Å². The first-order valence-corrected chi connectivity index (χ1v) is 6.66. The first-order chi connectivity index (χ1) is 9.67. The third kappa shape index (κ3) is 2.29. The molecule has 0 spiro atoms. The van der Waals surface area contributed by atoms with Crippen molar-refractivity contribution in [3.63, 3.8) is 0 Å². The molecule has 98 valence electrons. The molecular weight excluding hydrogens is 301 g/mol. The van der Waals surface area contributed by atoms with Crippen molar-refractivity contribution < 1.29 is 8.91 Å². The smallest absolute Gasteiger partial charge is 0.268 e. The first-order valence-electron chi connectivity index (χ1n) is 5.47. The summed E-state index contributed by atoms with van der Waals surface area (Å²) < 4.78 is 18.2. The number of hydrogen-bond donors (Lipinski definition) is 0. The van der Waals surface area contributed by atoms with Gasteiger partial charge in [0.25, 0.3) is 5.89 Å². The molecule has 0 N–H and O–H groups in total. The Morgan fingerprint density at radius 1 is 1.30 bits per heavy atom. The van der Waals surface area contributed by atoms with Gasteiger partial charge in [-0.25, -0.2) is 4.39 Å². The minimum absolute atomic E-state index is 0.00302. The summed E-state index contributed by atoms with van der Waals surface area (Å²) in [4.78, 5) is 5.47. The van der Waals surface area contributed by atoms with Gasteiger partial charge in [-0.15, -0.1) is 11.3 Å². The molecule has 0 saturated carbocycles. The second-order valence-electron chi connectivity index (χ2n) is 3.83. The lowest BCUT2D eigenvalue weighted by atomic mass is 10.2. The number of rotatable bonds is 2. The number of nitrogens with zero attached hydrogens (tertiary/aromatic N) is 3. The predicted octanol–water partition coefficient (Wildman–Crippen LogP) is 4.13. The van der Waals surface area contributed by atoms with E-state index in [0.717, 1.165) is 0 Å². The van der Waals surface area contributed by atoms with Crippen molar-refractivity contribution >= 4 is 22.9 Å². The van der Waals surface area contributed by atoms with Gasteiger partial charge in [-0.3, -0.25) is 0 Å². The minimum Gasteiger partial charge on any atom is -0.333 e. The Morgan fingerprint density at radius 2 is 2.15 bits per heavy atom. The molecular formula is C13H5ClFN3OS. The molecule has 4 nitrogen and oxygen atoms in total. The summed E-state index contributed by atoms with van der Waals surface area (Å²) in [5.74, 6) is 0.122. The van der Waals surface area contributed by atoms with Gasteiger partial charge in [0.2, 0.25) is 5.82 Å². The van der Waals surface area contributed by atoms with Crippen LogP contribution < -0.4 is 0 Å². The highest BCUT2D eigenvalue weighted by Crippen LogP contribution is 2.29. The first kappa shape index (κ1) is 12.8. The van der Waals surface area contributed by atoms with E-state index in [9.17, 15) is 4.39 Å². The molecule has 0 unspecified atom stereocenters. The number of thiophene rings is 1. The minimum atomic E-state index is -0.504. The quantitative estimate of drug-likeness (QED) is 0.714. The normalized spacial score (nSPS) is 10.4. The Labute approximate surface area is 122 Å². The topological polar surface area (TPSA) is 62.7 Å². The Balaban J connectivity index is 1.97. The van der Waals surface area contributed by atoms with Crippen molar-refractivity contribution in [3.05, 3.63) is 46.0 Å². The van der Waals surface area contributed by atoms with Gasteiger partial charge in [-0.05, 0) is 30.3 Å². The van der Waals surface area contributed by atoms with Gasteiger partial charge in [-0.1, -0.05) is 16.8 Å². The van der Waals surface area contributed by atoms with Crippen molar-refractivity contribution in [2.24, 2.45) is 0 Å². The fourth-order valence-corrected chi connectivity index (χ4v) is 2.49. The lowest BCUT2D eigenvalue weighted by Gasteiger charge is -1.96. The van der Waals surface area contributed by atoms with E-state index in [1.54, 1.807) is 12.1 Å². The van der Waals surface area contributed by atoms with Gasteiger partial charge < -0.3 is 4.52 Å². The molecule has 0 aliphatic rings. The lowest BCUT2D eigenvalue weighted by molar-refractivity contribution is 0.433. The fraction of sp³-hybridized carbons (Fsp3) is 0. The molecule has 0 saturated heterocycles. The molecule has 2 heterocycles. The SMILES string of the molecule is N#Cc1ccc(-c2nc(-c3ccc(F)c(Cl)c3)no2)s1. The molecule has 7 heteroatoms. The number of hydrogen-bond acceptors (Lipinski definition) is 5. The highest BCUT2D eigenvalue weighted by atomic mass is 35.5. The summed E-state index contributed by atoms with van der Waals surface area (Å²) in [7, 11) is 0. The van der Waals surface area contributed by atoms with Crippen LogP contribution in [0.25, 0.3) is 22.2 Å². The number of aromatic nitrogens is 2. The van der Waals surface area contributed by atoms with E-state index in [1.165, 1.54) is 29.5 Å². The molecule has 0 aliphatic carbocycles. The van der Waals surface area contributed by atoms with Crippen LogP contribution >= 0.6 is 22.9 Å². The molecule has 0 aliphatic heterocycles. The summed E-state index contributed by atoms with van der Waals surface area (Å²) in [5, 5.41) is 12.6. The number of nitriles is 1. The largest absolute Gasteiger partial charge is 0.333 e. The molecule has 3 rings (SSSR count). The third-order valence-corrected chi connectivity index (χ3v) is 3.80. The van der Waals surface area contributed by atoms with Gasteiger partial charge in [-0.2, -0.15) is 10.2 Å². The number of halogens is 2. The van der Waals surface area contributed by atoms with E-state index >= 15 is 0 Å². The van der Waals surface area contributed by atoms with Crippen molar-refractivity contribution in [2.75, 3.05) is 0 Å². The second-order valence-corrected chi connectivity index (χ2v) is 5.32. The summed E-state index contributed by atoms with van der Waals surface area (Å²) in [6, 6.07) is 9.65. The van der Waals surface area contributed by atoms with Crippen LogP contribution in [0.3, 0.4) is 0 Å². The van der Waals surface area contributed by atoms with Crippen LogP contribution in [0.15, 0.2) is 34.9 Å². The Bertz CT molecular complexity index is 821. The van der Waals surface area contributed by atoms with E-state index in [-0.39, 0.29) is 5.02 Å². The van der Waals surface area contributed by atoms with Gasteiger partial charge in [0.15, 0.2) is 0 Å². The molecule has 0 fully saturated rings. The zero-order valence-corrected chi connectivity index (χ0v) is 11.4. The fourth-order valence-electron chi connectivity index (χ4n) is 1.59. The standard InChI is InChI=1S/C13H5ClFN3OS/c14-9-5-7(1-3-10(9)15)12-17-13(19-18-12)11-4-2-8(6-16)20-11/h1-5H. The van der Waals surface area contributed by atoms with Gasteiger partial charge >= 0.3 is 0 Å². The maximum Gasteiger partial charge on any atom is 0.268 e. The maximum atomic E-state index is 13.1. The van der Waals surface area contributed by atoms with Crippen molar-refractivity contribution in [1.29, 1.82) is 5.26 Å². The monoisotopic (exact) mass is 305 g/mol. The maximum absolute atomic E-state index is 13.1. The Hall–Kier alpha value is -2.23. The average Bonchev–Trinajstić information content (AvgIpc) is 3.09. The van der Waals surface area contributed by atoms with Crippen LogP contribution in [0.1, 0.15) is 4.88 Å². The van der Waals surface area contributed by atoms with Crippen LogP contribution in [-0.2, 0) is 0 Å². The van der Waals surface area contributed by atoms with E-state index in [4.69, 9.17) is 21.4 Å². The zero-order valence-electron chi connectivity index (χ0n) is 9.80. The van der Waals surface area contributed by atoms with E-state index in [2.05, 4.69) is 10.1 Å². The van der Waals surface area contributed by atoms with Crippen molar-refractivity contribution in [3.8, 4) is 28.2 Å². The molecule has 3 aromatic rings. The van der Waals surface area contributed by atoms with Crippen LogP contribution in [0.5, 0.6) is 0 Å². The van der Waals surface area contributed by atoms with Crippen LogP contribution in [-0.4, -0.2) is 10.1 Å². The lowest BCUT2D eigenvalue weighted by Crippen LogP contribution is -1.83. The number of benzene rings is 1. The summed E-state index contributed by atoms with van der Waals surface area (Å²) >= 11 is 6.97. The Morgan fingerprint density at radius 3 is 2.85 bits per heavy atom. The highest BCUT2D eigenvalue weighted by Gasteiger charge is 2.13. The average molecular weight is 306 g/mol. The summed E-state index contributed by atoms with van der Waals surface area (Å²) in [6.45, 7) is 0. The van der Waals surface area contributed by atoms with E-state index in [0.29, 0.717) is 27.0 Å². The molecule has 0 amide bonds. The van der Waals surface area contributed by atoms with Crippen LogP contribution in [0.4, 0.5) is 4.39 Å². The Kier molecular flexibility index (Phi) is 3.22. The second kappa shape index (κ2) is 5.04. The predicted molar refractivity (Wildman–Crippen MR) is 72.7 cm³/mol. The van der Waals surface area contributed by atoms with Crippen molar-refractivity contribution in [2.45, 2.75) is 0 Å². The summed E-state index contributed by atoms with van der Waals surface area (Å²) in [6.07, 6.45) is 0. The van der Waals surface area contributed by atoms with Gasteiger partial charge in [0.1, 0.15) is 16.8 Å². The van der Waals surface area contributed by atoms with Gasteiger partial charge in [0, 0.05) is 5.56 Å². The molecule has 2 aromatic heterocycles. The molecule has 0 atom stereocenters. The highest BCUT2D eigenvalue weighted by molar-refractivity contribution is 7.15. The van der Waals surface area contributed by atoms with E-state index < -0.39 is 5.82 Å². The van der Waals surface area contributed by atoms with E-state index in [1.807, 2.05) is 6.07 Å². The summed E-state index contributed by atoms with van der Waals surface area (Å²) in [5.41, 5.74) is 0.559. The van der Waals surface area contributed by atoms with Gasteiger partial charge in [0.05, 0.1) is 9.90 Å². The molecule has 1 aromatic carbocycles. The molecule has 0 radical (unpaired) electrons. The molecule has 0 bridgehead atoms. The van der Waals surface area contributed by atoms with Crippen molar-refractivity contribution in [1.82, 2.24) is 10.1 Å². The zero-order chi connectivity index (χ0) is 14.1. The molecule has 20 heavy (non-hydrogen) atoms.